The fourth-order valence-electron chi connectivity index (χ4n) is 4.40. The molecule has 6 nitrogen and oxygen atoms in total. The molecule has 2 atom stereocenters. The molecule has 3 aliphatic rings. The molecule has 0 radical (unpaired) electrons. The Hall–Kier alpha value is -0.690. The molecule has 3 fully saturated rings. The maximum Gasteiger partial charge on any atom is 0.248 e. The molecule has 0 aliphatic carbocycles. The largest absolute Gasteiger partial charge is 0.383 e. The summed E-state index contributed by atoms with van der Waals surface area (Å²) in [7, 11) is 1.75. The second-order valence-corrected chi connectivity index (χ2v) is 7.46. The lowest BCUT2D eigenvalue weighted by molar-refractivity contribution is -0.160. The van der Waals surface area contributed by atoms with Gasteiger partial charge in [0.25, 0.3) is 0 Å². The number of amides is 1. The lowest BCUT2D eigenvalue weighted by Crippen LogP contribution is -2.57. The van der Waals surface area contributed by atoms with E-state index in [0.29, 0.717) is 6.61 Å². The van der Waals surface area contributed by atoms with Crippen LogP contribution in [0, 0.1) is 5.41 Å². The Morgan fingerprint density at radius 1 is 1.25 bits per heavy atom. The molecule has 3 heterocycles. The number of piperidine rings is 1. The minimum Gasteiger partial charge on any atom is -0.383 e. The Bertz CT molecular complexity index is 414. The molecule has 3 saturated heterocycles. The minimum atomic E-state index is 0.0372. The summed E-state index contributed by atoms with van der Waals surface area (Å²) in [6.07, 6.45) is 5.77. The van der Waals surface area contributed by atoms with Crippen LogP contribution in [0.3, 0.4) is 0 Å². The van der Waals surface area contributed by atoms with Crippen molar-refractivity contribution in [3.8, 4) is 0 Å². The van der Waals surface area contributed by atoms with Gasteiger partial charge in [-0.25, -0.2) is 0 Å². The lowest BCUT2D eigenvalue weighted by Gasteiger charge is -2.50. The smallest absolute Gasteiger partial charge is 0.248 e. The van der Waals surface area contributed by atoms with Gasteiger partial charge in [-0.3, -0.25) is 4.79 Å². The third kappa shape index (κ3) is 4.28. The van der Waals surface area contributed by atoms with Gasteiger partial charge in [-0.2, -0.15) is 0 Å². The van der Waals surface area contributed by atoms with Crippen molar-refractivity contribution < 1.29 is 19.0 Å². The first-order chi connectivity index (χ1) is 11.7. The number of carbonyl (C=O) groups is 1. The summed E-state index contributed by atoms with van der Waals surface area (Å²) in [4.78, 5) is 16.6. The Morgan fingerprint density at radius 3 is 2.88 bits per heavy atom. The number of rotatable bonds is 7. The van der Waals surface area contributed by atoms with Crippen molar-refractivity contribution >= 4 is 5.91 Å². The highest BCUT2D eigenvalue weighted by atomic mass is 16.5. The zero-order valence-corrected chi connectivity index (χ0v) is 15.0. The van der Waals surface area contributed by atoms with Crippen LogP contribution in [-0.4, -0.2) is 88.1 Å². The highest BCUT2D eigenvalue weighted by molar-refractivity contribution is 5.77. The maximum absolute atomic E-state index is 12.2. The first kappa shape index (κ1) is 18.1. The van der Waals surface area contributed by atoms with Gasteiger partial charge in [0, 0.05) is 51.9 Å². The van der Waals surface area contributed by atoms with Crippen LogP contribution in [0.1, 0.15) is 32.1 Å². The second-order valence-electron chi connectivity index (χ2n) is 7.46. The number of likely N-dealkylation sites (tertiary alicyclic amines) is 2. The Kier molecular flexibility index (Phi) is 6.49. The van der Waals surface area contributed by atoms with E-state index in [1.165, 1.54) is 0 Å². The van der Waals surface area contributed by atoms with E-state index < -0.39 is 0 Å². The number of methoxy groups -OCH3 is 1. The minimum absolute atomic E-state index is 0.0372. The van der Waals surface area contributed by atoms with Gasteiger partial charge in [-0.05, 0) is 32.1 Å². The molecule has 0 aromatic rings. The van der Waals surface area contributed by atoms with Crippen LogP contribution >= 0.6 is 0 Å². The Labute approximate surface area is 145 Å². The third-order valence-corrected chi connectivity index (χ3v) is 5.75. The molecule has 0 saturated carbocycles. The molecule has 0 N–H and O–H groups in total. The SMILES string of the molecule is COCCN1CC[C@H]2OCCC[C@@]2(COCC(=O)N2CCCC2)C1. The lowest BCUT2D eigenvalue weighted by atomic mass is 9.73. The highest BCUT2D eigenvalue weighted by Gasteiger charge is 2.46. The molecule has 1 amide bonds. The molecule has 0 bridgehead atoms. The molecule has 3 rings (SSSR count). The van der Waals surface area contributed by atoms with Crippen molar-refractivity contribution in [3.05, 3.63) is 0 Å². The summed E-state index contributed by atoms with van der Waals surface area (Å²) in [5.74, 6) is 0.143. The first-order valence-corrected chi connectivity index (χ1v) is 9.42. The molecule has 3 aliphatic heterocycles. The van der Waals surface area contributed by atoms with Crippen LogP contribution in [-0.2, 0) is 19.0 Å². The zero-order chi connectivity index (χ0) is 16.8. The van der Waals surface area contributed by atoms with Crippen LogP contribution in [0.25, 0.3) is 0 Å². The Balaban J connectivity index is 1.53. The van der Waals surface area contributed by atoms with E-state index in [2.05, 4.69) is 4.90 Å². The van der Waals surface area contributed by atoms with E-state index in [4.69, 9.17) is 14.2 Å². The number of hydrogen-bond acceptors (Lipinski definition) is 5. The van der Waals surface area contributed by atoms with Crippen LogP contribution in [0.4, 0.5) is 0 Å². The predicted molar refractivity (Wildman–Crippen MR) is 91.0 cm³/mol. The van der Waals surface area contributed by atoms with E-state index in [9.17, 15) is 4.79 Å². The third-order valence-electron chi connectivity index (χ3n) is 5.75. The zero-order valence-electron chi connectivity index (χ0n) is 15.0. The average molecular weight is 340 g/mol. The van der Waals surface area contributed by atoms with Crippen LogP contribution in [0.2, 0.25) is 0 Å². The summed E-state index contributed by atoms with van der Waals surface area (Å²) >= 11 is 0. The van der Waals surface area contributed by atoms with Crippen molar-refractivity contribution in [2.75, 3.05) is 66.3 Å². The van der Waals surface area contributed by atoms with Crippen molar-refractivity contribution in [3.63, 3.8) is 0 Å². The second kappa shape index (κ2) is 8.61. The van der Waals surface area contributed by atoms with Crippen molar-refractivity contribution in [1.82, 2.24) is 9.80 Å². The van der Waals surface area contributed by atoms with Gasteiger partial charge in [-0.15, -0.1) is 0 Å². The molecule has 0 unspecified atom stereocenters. The van der Waals surface area contributed by atoms with Crippen LogP contribution in [0.5, 0.6) is 0 Å². The Morgan fingerprint density at radius 2 is 2.08 bits per heavy atom. The topological polar surface area (TPSA) is 51.2 Å². The summed E-state index contributed by atoms with van der Waals surface area (Å²) < 4.78 is 17.2. The van der Waals surface area contributed by atoms with Crippen molar-refractivity contribution in [1.29, 1.82) is 0 Å². The summed E-state index contributed by atoms with van der Waals surface area (Å²) in [6.45, 7) is 7.24. The molecular weight excluding hydrogens is 308 g/mol. The normalized spacial score (nSPS) is 31.2. The number of ether oxygens (including phenoxy) is 3. The maximum atomic E-state index is 12.2. The standard InChI is InChI=1S/C18H32N2O4/c1-22-12-10-19-9-5-16-18(14-19,6-4-11-24-16)15-23-13-17(21)20-7-2-3-8-20/h16H,2-15H2,1H3/t16-,18+/m1/s1. The molecule has 0 spiro atoms. The summed E-state index contributed by atoms with van der Waals surface area (Å²) in [6, 6.07) is 0. The number of nitrogens with zero attached hydrogens (tertiary/aromatic N) is 2. The fraction of sp³-hybridized carbons (Fsp3) is 0.944. The van der Waals surface area contributed by atoms with E-state index in [-0.39, 0.29) is 24.0 Å². The first-order valence-electron chi connectivity index (χ1n) is 9.42. The van der Waals surface area contributed by atoms with E-state index in [1.54, 1.807) is 7.11 Å². The van der Waals surface area contributed by atoms with Gasteiger partial charge >= 0.3 is 0 Å². The van der Waals surface area contributed by atoms with Crippen LogP contribution < -0.4 is 0 Å². The van der Waals surface area contributed by atoms with Crippen molar-refractivity contribution in [2.24, 2.45) is 5.41 Å². The molecular formula is C18H32N2O4. The summed E-state index contributed by atoms with van der Waals surface area (Å²) in [5, 5.41) is 0. The number of fused-ring (bicyclic) bond motifs is 1. The fourth-order valence-corrected chi connectivity index (χ4v) is 4.40. The van der Waals surface area contributed by atoms with Gasteiger partial charge in [-0.1, -0.05) is 0 Å². The van der Waals surface area contributed by atoms with Crippen molar-refractivity contribution in [2.45, 2.75) is 38.2 Å². The van der Waals surface area contributed by atoms with E-state index >= 15 is 0 Å². The van der Waals surface area contributed by atoms with Gasteiger partial charge in [0.05, 0.1) is 19.3 Å². The molecule has 0 aromatic carbocycles. The highest BCUT2D eigenvalue weighted by Crippen LogP contribution is 2.40. The van der Waals surface area contributed by atoms with Gasteiger partial charge < -0.3 is 24.0 Å². The molecule has 6 heteroatoms. The monoisotopic (exact) mass is 340 g/mol. The number of carbonyl (C=O) groups excluding carboxylic acids is 1. The van der Waals surface area contributed by atoms with E-state index in [1.807, 2.05) is 4.90 Å². The number of hydrogen-bond donors (Lipinski definition) is 0. The quantitative estimate of drug-likeness (QED) is 0.696. The predicted octanol–water partition coefficient (Wildman–Crippen LogP) is 1.14. The van der Waals surface area contributed by atoms with Crippen LogP contribution in [0.15, 0.2) is 0 Å². The average Bonchev–Trinajstić information content (AvgIpc) is 3.14. The summed E-state index contributed by atoms with van der Waals surface area (Å²) in [5.41, 5.74) is 0.0372. The van der Waals surface area contributed by atoms with Gasteiger partial charge in [0.2, 0.25) is 5.91 Å². The molecule has 24 heavy (non-hydrogen) atoms. The van der Waals surface area contributed by atoms with Gasteiger partial charge in [0.1, 0.15) is 6.61 Å². The van der Waals surface area contributed by atoms with Gasteiger partial charge in [0.15, 0.2) is 0 Å². The molecule has 0 aromatic heterocycles. The van der Waals surface area contributed by atoms with E-state index in [0.717, 1.165) is 78.0 Å². The molecule has 138 valence electrons.